The Bertz CT molecular complexity index is 541. The Morgan fingerprint density at radius 2 is 2.12 bits per heavy atom. The number of ether oxygens (including phenoxy) is 2. The number of halogens is 1. The second-order valence-corrected chi connectivity index (χ2v) is 6.44. The van der Waals surface area contributed by atoms with Gasteiger partial charge in [-0.2, -0.15) is 0 Å². The molecule has 1 amide bonds. The summed E-state index contributed by atoms with van der Waals surface area (Å²) in [5, 5.41) is 0. The van der Waals surface area contributed by atoms with E-state index in [1.165, 1.54) is 6.07 Å². The molecular weight excluding hydrogens is 311 g/mol. The molecule has 1 unspecified atom stereocenters. The van der Waals surface area contributed by atoms with Crippen LogP contribution in [0.2, 0.25) is 0 Å². The summed E-state index contributed by atoms with van der Waals surface area (Å²) >= 11 is 0. The smallest absolute Gasteiger partial charge is 0.248 e. The lowest BCUT2D eigenvalue weighted by Crippen LogP contribution is -2.49. The molecule has 0 aliphatic carbocycles. The van der Waals surface area contributed by atoms with Crippen molar-refractivity contribution in [1.82, 2.24) is 9.80 Å². The standard InChI is InChI=1S/C18H25FN2O3/c19-16-4-1-3-15(11-16)12-20-6-8-21(9-7-20)18(22)14-23-13-17-5-2-10-24-17/h1,3-4,11,17H,2,5-10,12-14H2. The van der Waals surface area contributed by atoms with Crippen LogP contribution in [0.5, 0.6) is 0 Å². The topological polar surface area (TPSA) is 42.0 Å². The number of hydrogen-bond acceptors (Lipinski definition) is 4. The number of rotatable bonds is 6. The van der Waals surface area contributed by atoms with Gasteiger partial charge in [0, 0.05) is 39.3 Å². The Labute approximate surface area is 142 Å². The Hall–Kier alpha value is -1.50. The molecule has 1 aromatic carbocycles. The van der Waals surface area contributed by atoms with Gasteiger partial charge in [-0.3, -0.25) is 9.69 Å². The maximum Gasteiger partial charge on any atom is 0.248 e. The van der Waals surface area contributed by atoms with Crippen molar-refractivity contribution in [3.63, 3.8) is 0 Å². The summed E-state index contributed by atoms with van der Waals surface area (Å²) in [6.45, 7) is 5.14. The molecule has 1 aromatic rings. The predicted octanol–water partition coefficient (Wildman–Crippen LogP) is 1.67. The van der Waals surface area contributed by atoms with Crippen molar-refractivity contribution >= 4 is 5.91 Å². The summed E-state index contributed by atoms with van der Waals surface area (Å²) in [4.78, 5) is 16.3. The monoisotopic (exact) mass is 336 g/mol. The fraction of sp³-hybridized carbons (Fsp3) is 0.611. The van der Waals surface area contributed by atoms with Gasteiger partial charge in [-0.15, -0.1) is 0 Å². The van der Waals surface area contributed by atoms with Gasteiger partial charge in [0.25, 0.3) is 0 Å². The van der Waals surface area contributed by atoms with Crippen molar-refractivity contribution in [3.05, 3.63) is 35.6 Å². The van der Waals surface area contributed by atoms with E-state index < -0.39 is 0 Å². The van der Waals surface area contributed by atoms with Gasteiger partial charge in [0.15, 0.2) is 0 Å². The number of hydrogen-bond donors (Lipinski definition) is 0. The van der Waals surface area contributed by atoms with Crippen LogP contribution < -0.4 is 0 Å². The first-order chi connectivity index (χ1) is 11.7. The highest BCUT2D eigenvalue weighted by molar-refractivity contribution is 5.77. The van der Waals surface area contributed by atoms with Crippen LogP contribution in [0, 0.1) is 5.82 Å². The SMILES string of the molecule is O=C(COCC1CCCO1)N1CCN(Cc2cccc(F)c2)CC1. The number of amides is 1. The average molecular weight is 336 g/mol. The third-order valence-electron chi connectivity index (χ3n) is 4.57. The average Bonchev–Trinajstić information content (AvgIpc) is 3.09. The number of benzene rings is 1. The lowest BCUT2D eigenvalue weighted by molar-refractivity contribution is -0.139. The number of carbonyl (C=O) groups excluding carboxylic acids is 1. The second kappa shape index (κ2) is 8.55. The van der Waals surface area contributed by atoms with Gasteiger partial charge in [0.05, 0.1) is 12.7 Å². The van der Waals surface area contributed by atoms with E-state index in [1.807, 2.05) is 11.0 Å². The van der Waals surface area contributed by atoms with Crippen molar-refractivity contribution in [1.29, 1.82) is 0 Å². The van der Waals surface area contributed by atoms with Crippen molar-refractivity contribution in [3.8, 4) is 0 Å². The van der Waals surface area contributed by atoms with Gasteiger partial charge in [-0.05, 0) is 30.5 Å². The van der Waals surface area contributed by atoms with E-state index in [1.54, 1.807) is 12.1 Å². The molecule has 3 rings (SSSR count). The van der Waals surface area contributed by atoms with E-state index in [9.17, 15) is 9.18 Å². The minimum absolute atomic E-state index is 0.0402. The first kappa shape index (κ1) is 17.3. The third-order valence-corrected chi connectivity index (χ3v) is 4.57. The Morgan fingerprint density at radius 3 is 2.83 bits per heavy atom. The Balaban J connectivity index is 1.35. The molecule has 2 aliphatic heterocycles. The zero-order chi connectivity index (χ0) is 16.8. The van der Waals surface area contributed by atoms with E-state index in [-0.39, 0.29) is 24.4 Å². The predicted molar refractivity (Wildman–Crippen MR) is 88.1 cm³/mol. The van der Waals surface area contributed by atoms with Crippen LogP contribution in [-0.2, 0) is 20.8 Å². The first-order valence-corrected chi connectivity index (χ1v) is 8.64. The zero-order valence-electron chi connectivity index (χ0n) is 14.0. The van der Waals surface area contributed by atoms with Gasteiger partial charge in [-0.1, -0.05) is 12.1 Å². The normalized spacial score (nSPS) is 22.0. The second-order valence-electron chi connectivity index (χ2n) is 6.44. The summed E-state index contributed by atoms with van der Waals surface area (Å²) in [6.07, 6.45) is 2.25. The van der Waals surface area contributed by atoms with Crippen molar-refractivity contribution < 1.29 is 18.7 Å². The molecule has 24 heavy (non-hydrogen) atoms. The molecule has 0 spiro atoms. The van der Waals surface area contributed by atoms with Crippen LogP contribution >= 0.6 is 0 Å². The molecule has 2 aliphatic rings. The molecule has 0 bridgehead atoms. The number of piperazine rings is 1. The zero-order valence-corrected chi connectivity index (χ0v) is 14.0. The summed E-state index contributed by atoms with van der Waals surface area (Å²) in [5.41, 5.74) is 0.967. The van der Waals surface area contributed by atoms with Crippen molar-refractivity contribution in [2.75, 3.05) is 46.0 Å². The molecule has 2 fully saturated rings. The van der Waals surface area contributed by atoms with Gasteiger partial charge in [0.1, 0.15) is 12.4 Å². The molecule has 132 valence electrons. The molecule has 1 atom stereocenters. The first-order valence-electron chi connectivity index (χ1n) is 8.64. The van der Waals surface area contributed by atoms with Crippen LogP contribution in [0.25, 0.3) is 0 Å². The summed E-state index contributed by atoms with van der Waals surface area (Å²) in [5.74, 6) is -0.164. The minimum Gasteiger partial charge on any atom is -0.376 e. The maximum atomic E-state index is 13.2. The fourth-order valence-electron chi connectivity index (χ4n) is 3.19. The van der Waals surface area contributed by atoms with E-state index in [0.29, 0.717) is 19.7 Å². The summed E-state index contributed by atoms with van der Waals surface area (Å²) < 4.78 is 24.2. The molecule has 2 saturated heterocycles. The molecule has 6 heteroatoms. The van der Waals surface area contributed by atoms with Crippen LogP contribution in [0.3, 0.4) is 0 Å². The lowest BCUT2D eigenvalue weighted by Gasteiger charge is -2.34. The van der Waals surface area contributed by atoms with E-state index in [4.69, 9.17) is 9.47 Å². The van der Waals surface area contributed by atoms with E-state index in [2.05, 4.69) is 4.90 Å². The summed E-state index contributed by atoms with van der Waals surface area (Å²) in [6, 6.07) is 6.68. The van der Waals surface area contributed by atoms with Crippen molar-refractivity contribution in [2.45, 2.75) is 25.5 Å². The van der Waals surface area contributed by atoms with Crippen molar-refractivity contribution in [2.24, 2.45) is 0 Å². The largest absolute Gasteiger partial charge is 0.376 e. The summed E-state index contributed by atoms with van der Waals surface area (Å²) in [7, 11) is 0. The van der Waals surface area contributed by atoms with Crippen LogP contribution in [0.4, 0.5) is 4.39 Å². The third kappa shape index (κ3) is 5.00. The van der Waals surface area contributed by atoms with Gasteiger partial charge in [0.2, 0.25) is 5.91 Å². The van der Waals surface area contributed by atoms with E-state index in [0.717, 1.165) is 44.6 Å². The minimum atomic E-state index is -0.204. The highest BCUT2D eigenvalue weighted by Gasteiger charge is 2.22. The molecule has 2 heterocycles. The molecule has 0 saturated carbocycles. The molecule has 0 aromatic heterocycles. The van der Waals surface area contributed by atoms with Crippen LogP contribution in [0.1, 0.15) is 18.4 Å². The molecule has 0 radical (unpaired) electrons. The van der Waals surface area contributed by atoms with Gasteiger partial charge >= 0.3 is 0 Å². The highest BCUT2D eigenvalue weighted by atomic mass is 19.1. The Morgan fingerprint density at radius 1 is 1.29 bits per heavy atom. The number of nitrogens with zero attached hydrogens (tertiary/aromatic N) is 2. The molecule has 5 nitrogen and oxygen atoms in total. The quantitative estimate of drug-likeness (QED) is 0.792. The highest BCUT2D eigenvalue weighted by Crippen LogP contribution is 2.13. The van der Waals surface area contributed by atoms with E-state index >= 15 is 0 Å². The van der Waals surface area contributed by atoms with Gasteiger partial charge < -0.3 is 14.4 Å². The number of carbonyl (C=O) groups is 1. The molecular formula is C18H25FN2O3. The van der Waals surface area contributed by atoms with Gasteiger partial charge in [-0.25, -0.2) is 4.39 Å². The van der Waals surface area contributed by atoms with Crippen LogP contribution in [0.15, 0.2) is 24.3 Å². The Kier molecular flexibility index (Phi) is 6.18. The maximum absolute atomic E-state index is 13.2. The molecule has 0 N–H and O–H groups in total. The van der Waals surface area contributed by atoms with Crippen LogP contribution in [-0.4, -0.2) is 67.8 Å². The fourth-order valence-corrected chi connectivity index (χ4v) is 3.19. The lowest BCUT2D eigenvalue weighted by atomic mass is 10.2.